The number of rotatable bonds is 3. The minimum atomic E-state index is -4.36. The molecule has 33 heavy (non-hydrogen) atoms. The maximum Gasteiger partial charge on any atom is 0.416 e. The number of halogens is 3. The molecule has 1 aromatic rings. The highest BCUT2D eigenvalue weighted by Gasteiger charge is 2.39. The van der Waals surface area contributed by atoms with Crippen LogP contribution in [0.5, 0.6) is 5.75 Å². The van der Waals surface area contributed by atoms with E-state index in [0.29, 0.717) is 56.8 Å². The number of benzene rings is 1. The molecule has 0 radical (unpaired) electrons. The summed E-state index contributed by atoms with van der Waals surface area (Å²) in [5.74, 6) is 0.273. The van der Waals surface area contributed by atoms with Gasteiger partial charge in [-0.15, -0.1) is 0 Å². The summed E-state index contributed by atoms with van der Waals surface area (Å²) >= 11 is 0. The van der Waals surface area contributed by atoms with Gasteiger partial charge in [0.05, 0.1) is 17.7 Å². The Kier molecular flexibility index (Phi) is 5.88. The number of amides is 3. The van der Waals surface area contributed by atoms with Gasteiger partial charge in [-0.1, -0.05) is 0 Å². The first-order chi connectivity index (χ1) is 15.8. The van der Waals surface area contributed by atoms with E-state index in [1.165, 1.54) is 6.07 Å². The summed E-state index contributed by atoms with van der Waals surface area (Å²) in [6, 6.07) is 3.83. The number of hydrogen-bond acceptors (Lipinski definition) is 4. The van der Waals surface area contributed by atoms with E-state index >= 15 is 0 Å². The van der Waals surface area contributed by atoms with Gasteiger partial charge in [0.25, 0.3) is 0 Å². The first-order valence-electron chi connectivity index (χ1n) is 11.6. The third-order valence-corrected chi connectivity index (χ3v) is 6.96. The number of alkyl halides is 3. The van der Waals surface area contributed by atoms with Crippen LogP contribution < -0.4 is 10.1 Å². The zero-order chi connectivity index (χ0) is 23.2. The van der Waals surface area contributed by atoms with Gasteiger partial charge >= 0.3 is 12.2 Å². The number of morpholine rings is 1. The molecule has 3 saturated heterocycles. The normalized spacial score (nSPS) is 26.6. The fourth-order valence-corrected chi connectivity index (χ4v) is 5.04. The van der Waals surface area contributed by atoms with Crippen molar-refractivity contribution in [3.63, 3.8) is 0 Å². The minimum Gasteiger partial charge on any atom is -0.490 e. The van der Waals surface area contributed by atoms with Crippen molar-refractivity contribution in [2.45, 2.75) is 62.4 Å². The quantitative estimate of drug-likeness (QED) is 0.742. The van der Waals surface area contributed by atoms with E-state index in [2.05, 4.69) is 5.32 Å². The summed E-state index contributed by atoms with van der Waals surface area (Å²) in [6.45, 7) is 2.13. The lowest BCUT2D eigenvalue weighted by Gasteiger charge is -2.43. The molecular weight excluding hydrogens is 439 g/mol. The van der Waals surface area contributed by atoms with Crippen LogP contribution >= 0.6 is 0 Å². The van der Waals surface area contributed by atoms with Gasteiger partial charge < -0.3 is 24.6 Å². The lowest BCUT2D eigenvalue weighted by Crippen LogP contribution is -2.62. The maximum absolute atomic E-state index is 13.3. The molecule has 0 aromatic heterocycles. The van der Waals surface area contributed by atoms with Crippen LogP contribution in [0.2, 0.25) is 0 Å². The molecule has 3 amide bonds. The van der Waals surface area contributed by atoms with Crippen molar-refractivity contribution in [2.75, 3.05) is 32.8 Å². The van der Waals surface area contributed by atoms with Crippen LogP contribution in [-0.4, -0.2) is 72.8 Å². The Hall–Kier alpha value is -2.49. The largest absolute Gasteiger partial charge is 0.490 e. The second kappa shape index (κ2) is 8.70. The van der Waals surface area contributed by atoms with Gasteiger partial charge in [0, 0.05) is 39.0 Å². The highest BCUT2D eigenvalue weighted by atomic mass is 19.4. The molecule has 4 fully saturated rings. The second-order valence-electron chi connectivity index (χ2n) is 9.37. The van der Waals surface area contributed by atoms with Crippen molar-refractivity contribution < 1.29 is 32.2 Å². The van der Waals surface area contributed by atoms with Gasteiger partial charge in [0.2, 0.25) is 5.91 Å². The van der Waals surface area contributed by atoms with Gasteiger partial charge in [-0.3, -0.25) is 4.79 Å². The molecule has 10 heteroatoms. The van der Waals surface area contributed by atoms with Crippen molar-refractivity contribution in [3.8, 4) is 5.75 Å². The molecule has 1 aromatic carbocycles. The van der Waals surface area contributed by atoms with Gasteiger partial charge in [-0.25, -0.2) is 4.79 Å². The number of hydrogen-bond donors (Lipinski definition) is 1. The van der Waals surface area contributed by atoms with Crippen LogP contribution in [0.4, 0.5) is 18.0 Å². The van der Waals surface area contributed by atoms with E-state index in [1.807, 2.05) is 0 Å². The molecule has 1 N–H and O–H groups in total. The van der Waals surface area contributed by atoms with Gasteiger partial charge in [0.15, 0.2) is 0 Å². The lowest BCUT2D eigenvalue weighted by atomic mass is 10.0. The van der Waals surface area contributed by atoms with Gasteiger partial charge in [0.1, 0.15) is 18.5 Å². The number of carbonyl (C=O) groups is 2. The molecule has 0 bridgehead atoms. The highest BCUT2D eigenvalue weighted by molar-refractivity contribution is 5.79. The average molecular weight is 467 g/mol. The lowest BCUT2D eigenvalue weighted by molar-refractivity contribution is -0.140. The van der Waals surface area contributed by atoms with E-state index in [9.17, 15) is 22.8 Å². The summed E-state index contributed by atoms with van der Waals surface area (Å²) in [5, 5.41) is 2.90. The molecule has 1 saturated carbocycles. The summed E-state index contributed by atoms with van der Waals surface area (Å²) < 4.78 is 51.5. The standard InChI is InChI=1S/C23H28F3N3O4/c24-23(25,26)18-4-3-16(11-17(18)14-1-2-14)33-15-5-8-28(9-6-15)22(31)29-10-7-20-19(12-29)27-21(30)13-32-20/h3-4,11,14-15,19-20H,1-2,5-10,12-13H2,(H,27,30)/t19-,20?/m1/s1. The zero-order valence-electron chi connectivity index (χ0n) is 18.3. The van der Waals surface area contributed by atoms with Gasteiger partial charge in [-0.2, -0.15) is 13.2 Å². The Morgan fingerprint density at radius 2 is 1.79 bits per heavy atom. The van der Waals surface area contributed by atoms with Crippen molar-refractivity contribution in [3.05, 3.63) is 29.3 Å². The molecule has 7 nitrogen and oxygen atoms in total. The Bertz CT molecular complexity index is 913. The monoisotopic (exact) mass is 467 g/mol. The van der Waals surface area contributed by atoms with E-state index in [0.717, 1.165) is 18.9 Å². The van der Waals surface area contributed by atoms with E-state index in [1.54, 1.807) is 15.9 Å². The summed E-state index contributed by atoms with van der Waals surface area (Å²) in [6.07, 6.45) is -1.07. The molecule has 1 aliphatic carbocycles. The smallest absolute Gasteiger partial charge is 0.416 e. The Morgan fingerprint density at radius 3 is 2.48 bits per heavy atom. The van der Waals surface area contributed by atoms with Crippen LogP contribution in [0.1, 0.15) is 49.1 Å². The molecule has 3 aliphatic heterocycles. The molecule has 0 spiro atoms. The fourth-order valence-electron chi connectivity index (χ4n) is 5.04. The molecular formula is C23H28F3N3O4. The summed E-state index contributed by atoms with van der Waals surface area (Å²) in [7, 11) is 0. The van der Waals surface area contributed by atoms with E-state index < -0.39 is 11.7 Å². The third-order valence-electron chi connectivity index (χ3n) is 6.96. The number of fused-ring (bicyclic) bond motifs is 1. The van der Waals surface area contributed by atoms with Crippen LogP contribution in [0, 0.1) is 0 Å². The van der Waals surface area contributed by atoms with Crippen molar-refractivity contribution >= 4 is 11.9 Å². The van der Waals surface area contributed by atoms with Crippen LogP contribution in [-0.2, 0) is 15.7 Å². The third kappa shape index (κ3) is 4.90. The van der Waals surface area contributed by atoms with Crippen molar-refractivity contribution in [2.24, 2.45) is 0 Å². The Labute approximate surface area is 190 Å². The predicted molar refractivity (Wildman–Crippen MR) is 112 cm³/mol. The molecule has 4 aliphatic rings. The topological polar surface area (TPSA) is 71.1 Å². The zero-order valence-corrected chi connectivity index (χ0v) is 18.3. The predicted octanol–water partition coefficient (Wildman–Crippen LogP) is 3.14. The molecule has 1 unspecified atom stereocenters. The number of urea groups is 1. The number of nitrogens with zero attached hydrogens (tertiary/aromatic N) is 2. The van der Waals surface area contributed by atoms with E-state index in [-0.39, 0.29) is 42.7 Å². The number of nitrogens with one attached hydrogen (secondary N) is 1. The number of carbonyl (C=O) groups excluding carboxylic acids is 2. The van der Waals surface area contributed by atoms with Gasteiger partial charge in [-0.05, 0) is 48.9 Å². The van der Waals surface area contributed by atoms with E-state index in [4.69, 9.17) is 9.47 Å². The summed E-state index contributed by atoms with van der Waals surface area (Å²) in [4.78, 5) is 28.1. The van der Waals surface area contributed by atoms with Crippen LogP contribution in [0.15, 0.2) is 18.2 Å². The molecule has 5 rings (SSSR count). The van der Waals surface area contributed by atoms with Crippen molar-refractivity contribution in [1.29, 1.82) is 0 Å². The fraction of sp³-hybridized carbons (Fsp3) is 0.652. The van der Waals surface area contributed by atoms with Crippen molar-refractivity contribution in [1.82, 2.24) is 15.1 Å². The SMILES string of the molecule is O=C1COC2CCN(C(=O)N3CCC(Oc4ccc(C(F)(F)F)c(C5CC5)c4)CC3)C[C@H]2N1. The van der Waals surface area contributed by atoms with Crippen LogP contribution in [0.25, 0.3) is 0 Å². The Morgan fingerprint density at radius 1 is 1.06 bits per heavy atom. The Balaban J connectivity index is 1.15. The first kappa shape index (κ1) is 22.3. The first-order valence-corrected chi connectivity index (χ1v) is 11.6. The minimum absolute atomic E-state index is 0.0341. The maximum atomic E-state index is 13.3. The second-order valence-corrected chi connectivity index (χ2v) is 9.37. The molecule has 3 heterocycles. The van der Waals surface area contributed by atoms with Crippen LogP contribution in [0.3, 0.4) is 0 Å². The number of likely N-dealkylation sites (tertiary alicyclic amines) is 2. The highest BCUT2D eigenvalue weighted by Crippen LogP contribution is 2.47. The molecule has 2 atom stereocenters. The summed E-state index contributed by atoms with van der Waals surface area (Å²) in [5.41, 5.74) is -0.240. The number of ether oxygens (including phenoxy) is 2. The average Bonchev–Trinajstić information content (AvgIpc) is 3.63. The molecule has 180 valence electrons. The number of piperidine rings is 2.